The van der Waals surface area contributed by atoms with Crippen molar-refractivity contribution in [3.8, 4) is 0 Å². The lowest BCUT2D eigenvalue weighted by Gasteiger charge is -2.32. The summed E-state index contributed by atoms with van der Waals surface area (Å²) in [7, 11) is -0.726. The van der Waals surface area contributed by atoms with E-state index in [1.165, 1.54) is 12.3 Å². The standard InChI is InChI=1S/C15H22BFN2O3/c1-14(2)15(3,4)22-16(21-14)11-10-18-13(9-12(11)17)19-5-7-20-8-6-19/h9-10H,5-8H2,1-4H3. The first-order chi connectivity index (χ1) is 10.3. The first kappa shape index (κ1) is 15.7. The van der Waals surface area contributed by atoms with E-state index in [9.17, 15) is 4.39 Å². The van der Waals surface area contributed by atoms with Crippen molar-refractivity contribution in [3.63, 3.8) is 0 Å². The van der Waals surface area contributed by atoms with Crippen molar-refractivity contribution in [1.82, 2.24) is 4.98 Å². The smallest absolute Gasteiger partial charge is 0.399 e. The zero-order valence-electron chi connectivity index (χ0n) is 13.6. The molecule has 1 aromatic heterocycles. The predicted molar refractivity (Wildman–Crippen MR) is 82.9 cm³/mol. The van der Waals surface area contributed by atoms with Crippen molar-refractivity contribution < 1.29 is 18.4 Å². The van der Waals surface area contributed by atoms with Gasteiger partial charge in [-0.2, -0.15) is 0 Å². The highest BCUT2D eigenvalue weighted by molar-refractivity contribution is 6.62. The molecule has 0 aromatic carbocycles. The third-order valence-electron chi connectivity index (χ3n) is 4.71. The number of rotatable bonds is 2. The average Bonchev–Trinajstić information content (AvgIpc) is 2.68. The Bertz CT molecular complexity index is 546. The van der Waals surface area contributed by atoms with Gasteiger partial charge in [-0.05, 0) is 27.7 Å². The summed E-state index contributed by atoms with van der Waals surface area (Å²) in [6.45, 7) is 10.5. The molecule has 3 heterocycles. The first-order valence-corrected chi connectivity index (χ1v) is 7.64. The van der Waals surface area contributed by atoms with Gasteiger partial charge in [0, 0.05) is 30.8 Å². The van der Waals surface area contributed by atoms with Crippen LogP contribution in [0.3, 0.4) is 0 Å². The Morgan fingerprint density at radius 1 is 1.14 bits per heavy atom. The average molecular weight is 308 g/mol. The normalized spacial score (nSPS) is 23.9. The maximum Gasteiger partial charge on any atom is 0.499 e. The fourth-order valence-corrected chi connectivity index (χ4v) is 2.54. The highest BCUT2D eigenvalue weighted by Crippen LogP contribution is 2.36. The number of halogens is 1. The predicted octanol–water partition coefficient (Wildman–Crippen LogP) is 1.36. The summed E-state index contributed by atoms with van der Waals surface area (Å²) < 4.78 is 31.6. The van der Waals surface area contributed by atoms with Crippen LogP contribution < -0.4 is 10.4 Å². The number of anilines is 1. The molecule has 0 amide bonds. The van der Waals surface area contributed by atoms with Crippen LogP contribution in [0.4, 0.5) is 10.2 Å². The summed E-state index contributed by atoms with van der Waals surface area (Å²) in [6.07, 6.45) is 1.52. The minimum absolute atomic E-state index is 0.343. The van der Waals surface area contributed by atoms with Crippen LogP contribution in [-0.2, 0) is 14.0 Å². The summed E-state index contributed by atoms with van der Waals surface area (Å²) in [4.78, 5) is 6.39. The summed E-state index contributed by atoms with van der Waals surface area (Å²) in [6, 6.07) is 1.45. The quantitative estimate of drug-likeness (QED) is 0.772. The molecule has 120 valence electrons. The fourth-order valence-electron chi connectivity index (χ4n) is 2.54. The third kappa shape index (κ3) is 2.73. The largest absolute Gasteiger partial charge is 0.499 e. The van der Waals surface area contributed by atoms with Crippen molar-refractivity contribution in [2.24, 2.45) is 0 Å². The fraction of sp³-hybridized carbons (Fsp3) is 0.667. The van der Waals surface area contributed by atoms with Gasteiger partial charge in [0.1, 0.15) is 11.6 Å². The number of aromatic nitrogens is 1. The molecule has 0 radical (unpaired) electrons. The van der Waals surface area contributed by atoms with Gasteiger partial charge in [0.15, 0.2) is 0 Å². The molecule has 7 heteroatoms. The molecular weight excluding hydrogens is 286 g/mol. The van der Waals surface area contributed by atoms with Crippen LogP contribution in [0.2, 0.25) is 0 Å². The molecule has 22 heavy (non-hydrogen) atoms. The van der Waals surface area contributed by atoms with Gasteiger partial charge in [-0.25, -0.2) is 9.37 Å². The molecular formula is C15H22BFN2O3. The molecule has 2 fully saturated rings. The summed E-state index contributed by atoms with van der Waals surface area (Å²) in [5, 5.41) is 0. The lowest BCUT2D eigenvalue weighted by Crippen LogP contribution is -2.41. The third-order valence-corrected chi connectivity index (χ3v) is 4.71. The van der Waals surface area contributed by atoms with Crippen LogP contribution in [0, 0.1) is 5.82 Å². The Kier molecular flexibility index (Phi) is 3.91. The van der Waals surface area contributed by atoms with Gasteiger partial charge in [-0.3, -0.25) is 0 Å². The maximum absolute atomic E-state index is 14.5. The summed E-state index contributed by atoms with van der Waals surface area (Å²) >= 11 is 0. The lowest BCUT2D eigenvalue weighted by molar-refractivity contribution is 0.00578. The molecule has 2 aliphatic heterocycles. The highest BCUT2D eigenvalue weighted by atomic mass is 19.1. The van der Waals surface area contributed by atoms with Crippen molar-refractivity contribution in [2.75, 3.05) is 31.2 Å². The summed E-state index contributed by atoms with van der Waals surface area (Å²) in [5.74, 6) is 0.274. The Morgan fingerprint density at radius 3 is 2.27 bits per heavy atom. The van der Waals surface area contributed by atoms with E-state index in [1.807, 2.05) is 32.6 Å². The van der Waals surface area contributed by atoms with Gasteiger partial charge in [0.25, 0.3) is 0 Å². The number of morpholine rings is 1. The minimum atomic E-state index is -0.726. The SMILES string of the molecule is CC1(C)OB(c2cnc(N3CCOCC3)cc2F)OC1(C)C. The van der Waals surface area contributed by atoms with E-state index in [-0.39, 0.29) is 5.82 Å². The highest BCUT2D eigenvalue weighted by Gasteiger charge is 2.52. The molecule has 0 saturated carbocycles. The molecule has 5 nitrogen and oxygen atoms in total. The molecule has 3 rings (SSSR count). The molecule has 2 saturated heterocycles. The van der Waals surface area contributed by atoms with E-state index in [4.69, 9.17) is 14.0 Å². The Hall–Kier alpha value is -1.18. The van der Waals surface area contributed by atoms with Gasteiger partial charge in [-0.15, -0.1) is 0 Å². The van der Waals surface area contributed by atoms with E-state index in [2.05, 4.69) is 4.98 Å². The molecule has 0 spiro atoms. The van der Waals surface area contributed by atoms with Crippen molar-refractivity contribution >= 4 is 18.4 Å². The van der Waals surface area contributed by atoms with Crippen molar-refractivity contribution in [1.29, 1.82) is 0 Å². The van der Waals surface area contributed by atoms with E-state index >= 15 is 0 Å². The van der Waals surface area contributed by atoms with Gasteiger partial charge in [-0.1, -0.05) is 0 Å². The van der Waals surface area contributed by atoms with E-state index in [0.29, 0.717) is 24.5 Å². The first-order valence-electron chi connectivity index (χ1n) is 7.64. The van der Waals surface area contributed by atoms with Crippen LogP contribution in [0.15, 0.2) is 12.3 Å². The monoisotopic (exact) mass is 308 g/mol. The van der Waals surface area contributed by atoms with Crippen molar-refractivity contribution in [3.05, 3.63) is 18.1 Å². The molecule has 0 bridgehead atoms. The van der Waals surface area contributed by atoms with Gasteiger partial charge in [0.05, 0.1) is 24.4 Å². The lowest BCUT2D eigenvalue weighted by atomic mass is 9.80. The van der Waals surface area contributed by atoms with Crippen LogP contribution in [0.5, 0.6) is 0 Å². The topological polar surface area (TPSA) is 43.8 Å². The Morgan fingerprint density at radius 2 is 1.73 bits per heavy atom. The number of hydrogen-bond donors (Lipinski definition) is 0. The molecule has 0 aliphatic carbocycles. The van der Waals surface area contributed by atoms with E-state index < -0.39 is 18.3 Å². The maximum atomic E-state index is 14.5. The van der Waals surface area contributed by atoms with Crippen LogP contribution in [0.1, 0.15) is 27.7 Å². The number of ether oxygens (including phenoxy) is 1. The van der Waals surface area contributed by atoms with Crippen LogP contribution in [-0.4, -0.2) is 49.6 Å². The van der Waals surface area contributed by atoms with Gasteiger partial charge in [0.2, 0.25) is 0 Å². The summed E-state index contributed by atoms with van der Waals surface area (Å²) in [5.41, 5.74) is -0.643. The van der Waals surface area contributed by atoms with E-state index in [1.54, 1.807) is 0 Å². The zero-order chi connectivity index (χ0) is 16.0. The zero-order valence-corrected chi connectivity index (χ0v) is 13.6. The second kappa shape index (κ2) is 5.47. The molecule has 1 aromatic rings. The number of nitrogens with zero attached hydrogens (tertiary/aromatic N) is 2. The van der Waals surface area contributed by atoms with Crippen molar-refractivity contribution in [2.45, 2.75) is 38.9 Å². The van der Waals surface area contributed by atoms with Gasteiger partial charge < -0.3 is 18.9 Å². The molecule has 2 aliphatic rings. The van der Waals surface area contributed by atoms with Crippen LogP contribution in [0.25, 0.3) is 0 Å². The Labute approximate surface area is 130 Å². The number of hydrogen-bond acceptors (Lipinski definition) is 5. The molecule has 0 atom stereocenters. The molecule has 0 N–H and O–H groups in total. The Balaban J connectivity index is 1.81. The second-order valence-electron chi connectivity index (χ2n) is 6.75. The minimum Gasteiger partial charge on any atom is -0.399 e. The van der Waals surface area contributed by atoms with Gasteiger partial charge >= 0.3 is 7.12 Å². The second-order valence-corrected chi connectivity index (χ2v) is 6.75. The molecule has 0 unspecified atom stereocenters. The van der Waals surface area contributed by atoms with Crippen LogP contribution >= 0.6 is 0 Å². The van der Waals surface area contributed by atoms with E-state index in [0.717, 1.165) is 13.1 Å². The number of pyridine rings is 1.